The van der Waals surface area contributed by atoms with E-state index in [1.54, 1.807) is 0 Å². The van der Waals surface area contributed by atoms with Crippen molar-refractivity contribution in [3.05, 3.63) is 81.8 Å². The van der Waals surface area contributed by atoms with Crippen molar-refractivity contribution in [2.75, 3.05) is 0 Å². The maximum absolute atomic E-state index is 12.5. The predicted octanol–water partition coefficient (Wildman–Crippen LogP) is 6.16. The van der Waals surface area contributed by atoms with Crippen LogP contribution in [-0.4, -0.2) is 5.78 Å². The molecule has 1 nitrogen and oxygen atoms in total. The summed E-state index contributed by atoms with van der Waals surface area (Å²) in [6.45, 7) is 4.19. The Morgan fingerprint density at radius 3 is 2.27 bits per heavy atom. The van der Waals surface area contributed by atoms with Gasteiger partial charge in [0.1, 0.15) is 0 Å². The molecule has 1 unspecified atom stereocenters. The minimum absolute atomic E-state index is 0.204. The van der Waals surface area contributed by atoms with Crippen molar-refractivity contribution >= 4 is 21.7 Å². The molecule has 1 atom stereocenters. The van der Waals surface area contributed by atoms with E-state index in [0.717, 1.165) is 16.5 Å². The number of Topliss-reactive ketones (excluding diaryl/α,β-unsaturated/α-hetero) is 1. The van der Waals surface area contributed by atoms with Gasteiger partial charge in [-0.3, -0.25) is 4.79 Å². The molecule has 0 aliphatic heterocycles. The van der Waals surface area contributed by atoms with Crippen LogP contribution in [0.4, 0.5) is 0 Å². The zero-order chi connectivity index (χ0) is 15.9. The molecule has 0 aliphatic carbocycles. The molecule has 2 aromatic rings. The van der Waals surface area contributed by atoms with Gasteiger partial charge in [-0.05, 0) is 43.9 Å². The topological polar surface area (TPSA) is 17.1 Å². The largest absolute Gasteiger partial charge is 0.294 e. The van der Waals surface area contributed by atoms with Crippen LogP contribution >= 0.6 is 15.9 Å². The first-order valence-electron chi connectivity index (χ1n) is 7.53. The lowest BCUT2D eigenvalue weighted by Gasteiger charge is -2.15. The third kappa shape index (κ3) is 4.96. The molecule has 114 valence electrons. The second-order valence-corrected chi connectivity index (χ2v) is 6.67. The monoisotopic (exact) mass is 356 g/mol. The van der Waals surface area contributed by atoms with Gasteiger partial charge in [-0.2, -0.15) is 0 Å². The summed E-state index contributed by atoms with van der Waals surface area (Å²) in [4.78, 5) is 12.5. The molecule has 0 spiro atoms. The summed E-state index contributed by atoms with van der Waals surface area (Å²) in [6.07, 6.45) is 3.64. The van der Waals surface area contributed by atoms with E-state index in [1.807, 2.05) is 42.5 Å². The molecule has 0 saturated heterocycles. The molecule has 0 fully saturated rings. The maximum Gasteiger partial charge on any atom is 0.163 e. The van der Waals surface area contributed by atoms with E-state index in [1.165, 1.54) is 11.1 Å². The summed E-state index contributed by atoms with van der Waals surface area (Å²) in [7, 11) is 0. The highest BCUT2D eigenvalue weighted by atomic mass is 79.9. The van der Waals surface area contributed by atoms with Crippen LogP contribution in [-0.2, 0) is 0 Å². The van der Waals surface area contributed by atoms with Gasteiger partial charge < -0.3 is 0 Å². The van der Waals surface area contributed by atoms with Crippen molar-refractivity contribution in [3.63, 3.8) is 0 Å². The fourth-order valence-electron chi connectivity index (χ4n) is 2.42. The lowest BCUT2D eigenvalue weighted by atomic mass is 9.88. The smallest absolute Gasteiger partial charge is 0.163 e. The summed E-state index contributed by atoms with van der Waals surface area (Å²) >= 11 is 3.47. The van der Waals surface area contributed by atoms with Crippen molar-refractivity contribution in [2.24, 2.45) is 0 Å². The highest BCUT2D eigenvalue weighted by Gasteiger charge is 2.16. The average Bonchev–Trinajstić information content (AvgIpc) is 2.53. The number of hydrogen-bond acceptors (Lipinski definition) is 1. The number of carbonyl (C=O) groups excluding carboxylic acids is 1. The second kappa shape index (κ2) is 8.09. The fourth-order valence-corrected chi connectivity index (χ4v) is 2.68. The van der Waals surface area contributed by atoms with Crippen LogP contribution < -0.4 is 0 Å². The van der Waals surface area contributed by atoms with Crippen molar-refractivity contribution in [1.82, 2.24) is 0 Å². The second-order valence-electron chi connectivity index (χ2n) is 5.76. The van der Waals surface area contributed by atoms with Crippen molar-refractivity contribution in [1.29, 1.82) is 0 Å². The highest BCUT2D eigenvalue weighted by molar-refractivity contribution is 9.10. The Balaban J connectivity index is 2.19. The molecule has 0 aromatic heterocycles. The number of halogens is 1. The standard InChI is InChI=1S/C20H21BrO/c1-15(2)8-9-18(16-10-12-19(21)13-11-16)14-20(22)17-6-4-3-5-7-17/h3-8,10-13,18H,9,14H2,1-2H3. The van der Waals surface area contributed by atoms with Gasteiger partial charge in [0, 0.05) is 16.5 Å². The fraction of sp³-hybridized carbons (Fsp3) is 0.250. The molecular weight excluding hydrogens is 336 g/mol. The lowest BCUT2D eigenvalue weighted by molar-refractivity contribution is 0.0973. The van der Waals surface area contributed by atoms with Crippen molar-refractivity contribution in [3.8, 4) is 0 Å². The van der Waals surface area contributed by atoms with Gasteiger partial charge in [-0.15, -0.1) is 0 Å². The Labute approximate surface area is 141 Å². The molecule has 0 N–H and O–H groups in total. The normalized spacial score (nSPS) is 11.8. The number of benzene rings is 2. The average molecular weight is 357 g/mol. The third-order valence-corrected chi connectivity index (χ3v) is 4.21. The lowest BCUT2D eigenvalue weighted by Crippen LogP contribution is -2.07. The Bertz CT molecular complexity index is 637. The van der Waals surface area contributed by atoms with Crippen LogP contribution in [0.25, 0.3) is 0 Å². The summed E-state index contributed by atoms with van der Waals surface area (Å²) < 4.78 is 1.06. The zero-order valence-corrected chi connectivity index (χ0v) is 14.6. The van der Waals surface area contributed by atoms with E-state index in [9.17, 15) is 4.79 Å². The first-order valence-corrected chi connectivity index (χ1v) is 8.32. The number of hydrogen-bond donors (Lipinski definition) is 0. The number of ketones is 1. The van der Waals surface area contributed by atoms with Gasteiger partial charge in [-0.1, -0.05) is 70.0 Å². The molecule has 0 bridgehead atoms. The predicted molar refractivity (Wildman–Crippen MR) is 96.3 cm³/mol. The molecule has 2 aromatic carbocycles. The minimum atomic E-state index is 0.204. The molecule has 0 aliphatic rings. The van der Waals surface area contributed by atoms with E-state index in [2.05, 4.69) is 48.0 Å². The number of rotatable bonds is 6. The van der Waals surface area contributed by atoms with Gasteiger partial charge in [0.05, 0.1) is 0 Å². The highest BCUT2D eigenvalue weighted by Crippen LogP contribution is 2.27. The van der Waals surface area contributed by atoms with Gasteiger partial charge in [-0.25, -0.2) is 0 Å². The van der Waals surface area contributed by atoms with Crippen molar-refractivity contribution in [2.45, 2.75) is 32.6 Å². The Morgan fingerprint density at radius 2 is 1.68 bits per heavy atom. The molecule has 22 heavy (non-hydrogen) atoms. The van der Waals surface area contributed by atoms with Crippen LogP contribution in [0.1, 0.15) is 48.5 Å². The first-order chi connectivity index (χ1) is 10.6. The summed E-state index contributed by atoms with van der Waals surface area (Å²) in [5.74, 6) is 0.423. The van der Waals surface area contributed by atoms with E-state index in [-0.39, 0.29) is 11.7 Å². The van der Waals surface area contributed by atoms with Crippen molar-refractivity contribution < 1.29 is 4.79 Å². The SMILES string of the molecule is CC(C)=CCC(CC(=O)c1ccccc1)c1ccc(Br)cc1. The Hall–Kier alpha value is -1.67. The van der Waals surface area contributed by atoms with Crippen LogP contribution in [0.3, 0.4) is 0 Å². The molecule has 0 saturated carbocycles. The Kier molecular flexibility index (Phi) is 6.14. The van der Waals surface area contributed by atoms with Crippen LogP contribution in [0.2, 0.25) is 0 Å². The molecule has 0 amide bonds. The van der Waals surface area contributed by atoms with Gasteiger partial charge >= 0.3 is 0 Å². The van der Waals surface area contributed by atoms with E-state index < -0.39 is 0 Å². The van der Waals surface area contributed by atoms with Crippen LogP contribution in [0.5, 0.6) is 0 Å². The molecule has 0 radical (unpaired) electrons. The molecule has 2 heteroatoms. The number of allylic oxidation sites excluding steroid dienone is 2. The third-order valence-electron chi connectivity index (χ3n) is 3.68. The van der Waals surface area contributed by atoms with Gasteiger partial charge in [0.25, 0.3) is 0 Å². The molecule has 0 heterocycles. The van der Waals surface area contributed by atoms with Crippen LogP contribution in [0.15, 0.2) is 70.7 Å². The summed E-state index contributed by atoms with van der Waals surface area (Å²) in [5.41, 5.74) is 3.29. The number of carbonyl (C=O) groups is 1. The Morgan fingerprint density at radius 1 is 1.05 bits per heavy atom. The quantitative estimate of drug-likeness (QED) is 0.447. The van der Waals surface area contributed by atoms with Crippen LogP contribution in [0, 0.1) is 0 Å². The van der Waals surface area contributed by atoms with Gasteiger partial charge in [0.15, 0.2) is 5.78 Å². The van der Waals surface area contributed by atoms with E-state index in [0.29, 0.717) is 6.42 Å². The first kappa shape index (κ1) is 16.7. The van der Waals surface area contributed by atoms with Gasteiger partial charge in [0.2, 0.25) is 0 Å². The van der Waals surface area contributed by atoms with E-state index >= 15 is 0 Å². The summed E-state index contributed by atoms with van der Waals surface area (Å²) in [5, 5.41) is 0. The zero-order valence-electron chi connectivity index (χ0n) is 13.1. The summed E-state index contributed by atoms with van der Waals surface area (Å²) in [6, 6.07) is 17.8. The molecular formula is C20H21BrO. The minimum Gasteiger partial charge on any atom is -0.294 e. The van der Waals surface area contributed by atoms with E-state index in [4.69, 9.17) is 0 Å². The molecule has 2 rings (SSSR count). The maximum atomic E-state index is 12.5.